The lowest BCUT2D eigenvalue weighted by molar-refractivity contribution is -0.142. The first-order valence-electron chi connectivity index (χ1n) is 7.71. The zero-order chi connectivity index (χ0) is 20.6. The van der Waals surface area contributed by atoms with E-state index >= 15 is 0 Å². The molecule has 2 aromatic heterocycles. The number of aromatic nitrogens is 3. The second-order valence-electron chi connectivity index (χ2n) is 5.65. The molecule has 10 heteroatoms. The van der Waals surface area contributed by atoms with Gasteiger partial charge in [-0.25, -0.2) is 13.5 Å². The molecular formula is C18H11BrF5N3O. The molecule has 3 aromatic rings. The first-order chi connectivity index (χ1) is 13.1. The van der Waals surface area contributed by atoms with Gasteiger partial charge in [0.15, 0.2) is 11.5 Å². The van der Waals surface area contributed by atoms with Gasteiger partial charge in [-0.15, -0.1) is 0 Å². The first kappa shape index (κ1) is 20.0. The Bertz CT molecular complexity index is 1080. The lowest BCUT2D eigenvalue weighted by Gasteiger charge is -2.12. The monoisotopic (exact) mass is 459 g/mol. The zero-order valence-corrected chi connectivity index (χ0v) is 15.8. The van der Waals surface area contributed by atoms with E-state index in [4.69, 9.17) is 4.52 Å². The third-order valence-corrected chi connectivity index (χ3v) is 4.60. The Kier molecular flexibility index (Phi) is 5.24. The molecule has 28 heavy (non-hydrogen) atoms. The van der Waals surface area contributed by atoms with Crippen LogP contribution in [0, 0.1) is 5.82 Å². The molecule has 146 valence electrons. The molecule has 0 saturated carbocycles. The summed E-state index contributed by atoms with van der Waals surface area (Å²) >= 11 is 3.11. The molecule has 0 atom stereocenters. The van der Waals surface area contributed by atoms with Crippen LogP contribution in [0.4, 0.5) is 22.0 Å². The SMILES string of the molecule is C=C/C(F)=C(\C)c1noc(-c2cnn(-c3cccc(F)c3)c2C(F)(F)F)c1Br. The van der Waals surface area contributed by atoms with E-state index < -0.39 is 29.1 Å². The average molecular weight is 460 g/mol. The van der Waals surface area contributed by atoms with Crippen LogP contribution in [-0.2, 0) is 6.18 Å². The quantitative estimate of drug-likeness (QED) is 0.338. The second kappa shape index (κ2) is 7.34. The van der Waals surface area contributed by atoms with E-state index in [-0.39, 0.29) is 27.2 Å². The Morgan fingerprint density at radius 2 is 2.04 bits per heavy atom. The van der Waals surface area contributed by atoms with Crippen molar-refractivity contribution in [2.75, 3.05) is 0 Å². The van der Waals surface area contributed by atoms with Gasteiger partial charge in [0.1, 0.15) is 17.3 Å². The largest absolute Gasteiger partial charge is 0.434 e. The Balaban J connectivity index is 2.22. The van der Waals surface area contributed by atoms with Gasteiger partial charge in [0.05, 0.1) is 21.9 Å². The smallest absolute Gasteiger partial charge is 0.354 e. The molecule has 0 bridgehead atoms. The molecule has 0 fully saturated rings. The molecule has 0 amide bonds. The van der Waals surface area contributed by atoms with Crippen molar-refractivity contribution >= 4 is 21.5 Å². The van der Waals surface area contributed by atoms with Gasteiger partial charge in [-0.2, -0.15) is 18.3 Å². The van der Waals surface area contributed by atoms with Crippen LogP contribution in [-0.4, -0.2) is 14.9 Å². The highest BCUT2D eigenvalue weighted by Gasteiger charge is 2.41. The van der Waals surface area contributed by atoms with Crippen molar-refractivity contribution in [3.63, 3.8) is 0 Å². The summed E-state index contributed by atoms with van der Waals surface area (Å²) in [5, 5.41) is 7.38. The van der Waals surface area contributed by atoms with E-state index in [0.717, 1.165) is 24.4 Å². The van der Waals surface area contributed by atoms with Gasteiger partial charge < -0.3 is 4.52 Å². The average Bonchev–Trinajstić information content (AvgIpc) is 3.23. The van der Waals surface area contributed by atoms with Gasteiger partial charge in [-0.1, -0.05) is 17.8 Å². The second-order valence-corrected chi connectivity index (χ2v) is 6.44. The zero-order valence-electron chi connectivity index (χ0n) is 14.2. The number of halogens is 6. The maximum atomic E-state index is 13.8. The van der Waals surface area contributed by atoms with Gasteiger partial charge in [-0.05, 0) is 47.1 Å². The van der Waals surface area contributed by atoms with E-state index in [1.54, 1.807) is 0 Å². The van der Waals surface area contributed by atoms with Crippen LogP contribution in [0.3, 0.4) is 0 Å². The van der Waals surface area contributed by atoms with Crippen molar-refractivity contribution < 1.29 is 26.5 Å². The Labute approximate surface area is 164 Å². The molecule has 0 spiro atoms. The molecule has 0 aliphatic heterocycles. The van der Waals surface area contributed by atoms with Gasteiger partial charge >= 0.3 is 6.18 Å². The summed E-state index contributed by atoms with van der Waals surface area (Å²) in [6.45, 7) is 4.67. The normalized spacial score (nSPS) is 12.8. The summed E-state index contributed by atoms with van der Waals surface area (Å²) in [6, 6.07) is 4.56. The number of alkyl halides is 3. The summed E-state index contributed by atoms with van der Waals surface area (Å²) in [5.74, 6) is -1.71. The maximum absolute atomic E-state index is 13.8. The van der Waals surface area contributed by atoms with Crippen LogP contribution < -0.4 is 0 Å². The predicted octanol–water partition coefficient (Wildman–Crippen LogP) is 6.33. The summed E-state index contributed by atoms with van der Waals surface area (Å²) in [6.07, 6.45) is -2.98. The maximum Gasteiger partial charge on any atom is 0.434 e. The molecule has 0 N–H and O–H groups in total. The molecular weight excluding hydrogens is 449 g/mol. The molecule has 2 heterocycles. The number of rotatable bonds is 4. The van der Waals surface area contributed by atoms with Crippen LogP contribution in [0.1, 0.15) is 18.3 Å². The number of benzene rings is 1. The molecule has 0 aliphatic rings. The van der Waals surface area contributed by atoms with E-state index in [0.29, 0.717) is 4.68 Å². The van der Waals surface area contributed by atoms with Crippen molar-refractivity contribution in [1.82, 2.24) is 14.9 Å². The van der Waals surface area contributed by atoms with Crippen LogP contribution in [0.25, 0.3) is 22.6 Å². The van der Waals surface area contributed by atoms with E-state index in [1.807, 2.05) is 0 Å². The first-order valence-corrected chi connectivity index (χ1v) is 8.50. The lowest BCUT2D eigenvalue weighted by atomic mass is 10.1. The minimum Gasteiger partial charge on any atom is -0.354 e. The van der Waals surface area contributed by atoms with Gasteiger partial charge in [0.25, 0.3) is 0 Å². The van der Waals surface area contributed by atoms with Gasteiger partial charge in [0, 0.05) is 5.57 Å². The molecule has 0 unspecified atom stereocenters. The molecule has 4 nitrogen and oxygen atoms in total. The summed E-state index contributed by atoms with van der Waals surface area (Å²) in [5.41, 5.74) is -1.73. The highest BCUT2D eigenvalue weighted by molar-refractivity contribution is 9.10. The molecule has 3 rings (SSSR count). The highest BCUT2D eigenvalue weighted by atomic mass is 79.9. The van der Waals surface area contributed by atoms with E-state index in [1.165, 1.54) is 19.1 Å². The van der Waals surface area contributed by atoms with Crippen molar-refractivity contribution in [2.24, 2.45) is 0 Å². The minimum atomic E-state index is -4.85. The van der Waals surface area contributed by atoms with Crippen molar-refractivity contribution in [2.45, 2.75) is 13.1 Å². The fourth-order valence-corrected chi connectivity index (χ4v) is 3.19. The Morgan fingerprint density at radius 1 is 1.32 bits per heavy atom. The third-order valence-electron chi connectivity index (χ3n) is 3.86. The van der Waals surface area contributed by atoms with Gasteiger partial charge in [0.2, 0.25) is 0 Å². The highest BCUT2D eigenvalue weighted by Crippen LogP contribution is 2.42. The summed E-state index contributed by atoms with van der Waals surface area (Å²) < 4.78 is 74.2. The lowest BCUT2D eigenvalue weighted by Crippen LogP contribution is -2.14. The fraction of sp³-hybridized carbons (Fsp3) is 0.111. The number of nitrogens with zero attached hydrogens (tertiary/aromatic N) is 3. The third kappa shape index (κ3) is 3.51. The summed E-state index contributed by atoms with van der Waals surface area (Å²) in [4.78, 5) is 0. The van der Waals surface area contributed by atoms with Crippen LogP contribution in [0.2, 0.25) is 0 Å². The van der Waals surface area contributed by atoms with Crippen molar-refractivity contribution in [1.29, 1.82) is 0 Å². The molecule has 1 aromatic carbocycles. The predicted molar refractivity (Wildman–Crippen MR) is 95.6 cm³/mol. The minimum absolute atomic E-state index is 0.0148. The Morgan fingerprint density at radius 3 is 2.64 bits per heavy atom. The number of hydrogen-bond acceptors (Lipinski definition) is 3. The van der Waals surface area contributed by atoms with E-state index in [2.05, 4.69) is 32.8 Å². The summed E-state index contributed by atoms with van der Waals surface area (Å²) in [7, 11) is 0. The number of hydrogen-bond donors (Lipinski definition) is 0. The standard InChI is InChI=1S/C18H11BrF5N3O/c1-3-13(21)9(2)15-14(19)16(28-26-15)12-8-25-27(17(12)18(22,23)24)11-6-4-5-10(20)7-11/h3-8H,1H2,2H3/b13-9-. The van der Waals surface area contributed by atoms with Crippen LogP contribution in [0.15, 0.2) is 57.9 Å². The molecule has 0 radical (unpaired) electrons. The van der Waals surface area contributed by atoms with Crippen LogP contribution in [0.5, 0.6) is 0 Å². The van der Waals surface area contributed by atoms with Crippen molar-refractivity contribution in [3.05, 3.63) is 70.6 Å². The molecule has 0 saturated heterocycles. The van der Waals surface area contributed by atoms with Crippen molar-refractivity contribution in [3.8, 4) is 17.0 Å². The van der Waals surface area contributed by atoms with E-state index in [9.17, 15) is 22.0 Å². The fourth-order valence-electron chi connectivity index (χ4n) is 2.54. The Hall–Kier alpha value is -2.75. The number of allylic oxidation sites excluding steroid dienone is 3. The van der Waals surface area contributed by atoms with Gasteiger partial charge in [-0.3, -0.25) is 0 Å². The van der Waals surface area contributed by atoms with Crippen LogP contribution >= 0.6 is 15.9 Å². The topological polar surface area (TPSA) is 43.9 Å². The molecule has 0 aliphatic carbocycles.